The van der Waals surface area contributed by atoms with Gasteiger partial charge in [-0.2, -0.15) is 0 Å². The van der Waals surface area contributed by atoms with Crippen LogP contribution in [0.4, 0.5) is 13.2 Å². The summed E-state index contributed by atoms with van der Waals surface area (Å²) in [4.78, 5) is 0. The first-order valence-electron chi connectivity index (χ1n) is 8.07. The van der Waals surface area contributed by atoms with E-state index in [0.717, 1.165) is 5.56 Å². The molecule has 0 radical (unpaired) electrons. The van der Waals surface area contributed by atoms with Gasteiger partial charge >= 0.3 is 7.12 Å². The summed E-state index contributed by atoms with van der Waals surface area (Å²) in [6.45, 7) is 7.61. The highest BCUT2D eigenvalue weighted by Crippen LogP contribution is 2.37. The maximum Gasteiger partial charge on any atom is 0.495 e. The van der Waals surface area contributed by atoms with Crippen molar-refractivity contribution in [3.8, 4) is 0 Å². The Bertz CT molecular complexity index is 622. The number of benzene rings is 1. The van der Waals surface area contributed by atoms with Crippen molar-refractivity contribution < 1.29 is 32.7 Å². The second-order valence-electron chi connectivity index (χ2n) is 7.49. The molecule has 0 amide bonds. The molecule has 1 aromatic rings. The predicted molar refractivity (Wildman–Crippen MR) is 88.8 cm³/mol. The summed E-state index contributed by atoms with van der Waals surface area (Å²) in [5.74, 6) is 0. The van der Waals surface area contributed by atoms with Gasteiger partial charge in [-0.05, 0) is 45.6 Å². The zero-order valence-corrected chi connectivity index (χ0v) is 15.0. The smallest absolute Gasteiger partial charge is 0.399 e. The minimum absolute atomic E-state index is 0.200. The Morgan fingerprint density at radius 1 is 1.16 bits per heavy atom. The highest BCUT2D eigenvalue weighted by molar-refractivity contribution is 6.62. The van der Waals surface area contributed by atoms with Crippen molar-refractivity contribution in [2.45, 2.75) is 64.0 Å². The molecular formula is C17H24BF3O4. The molecule has 8 heteroatoms. The van der Waals surface area contributed by atoms with Gasteiger partial charge in [-0.15, -0.1) is 0 Å². The molecule has 1 heterocycles. The molecule has 0 bridgehead atoms. The van der Waals surface area contributed by atoms with Gasteiger partial charge in [0.2, 0.25) is 6.36 Å². The third kappa shape index (κ3) is 3.45. The fraction of sp³-hybridized carbons (Fsp3) is 0.647. The summed E-state index contributed by atoms with van der Waals surface area (Å²) in [6.07, 6.45) is -5.84. The Kier molecular flexibility index (Phi) is 5.32. The van der Waals surface area contributed by atoms with Crippen molar-refractivity contribution in [3.63, 3.8) is 0 Å². The third-order valence-electron chi connectivity index (χ3n) is 5.19. The highest BCUT2D eigenvalue weighted by Gasteiger charge is 2.52. The van der Waals surface area contributed by atoms with E-state index in [9.17, 15) is 18.3 Å². The molecule has 1 saturated heterocycles. The molecule has 0 aromatic heterocycles. The van der Waals surface area contributed by atoms with Crippen LogP contribution >= 0.6 is 0 Å². The zero-order valence-electron chi connectivity index (χ0n) is 15.0. The largest absolute Gasteiger partial charge is 0.495 e. The van der Waals surface area contributed by atoms with E-state index < -0.39 is 43.1 Å². The van der Waals surface area contributed by atoms with E-state index in [2.05, 4.69) is 0 Å². The number of alkyl halides is 3. The number of halogens is 3. The summed E-state index contributed by atoms with van der Waals surface area (Å²) in [5, 5.41) is 19.1. The van der Waals surface area contributed by atoms with Gasteiger partial charge in [0.05, 0.1) is 11.2 Å². The van der Waals surface area contributed by atoms with E-state index in [1.165, 1.54) is 18.2 Å². The van der Waals surface area contributed by atoms with Crippen molar-refractivity contribution in [3.05, 3.63) is 29.3 Å². The molecular weight excluding hydrogens is 336 g/mol. The lowest BCUT2D eigenvalue weighted by molar-refractivity contribution is -0.142. The van der Waals surface area contributed by atoms with Crippen molar-refractivity contribution in [1.29, 1.82) is 0 Å². The zero-order chi connectivity index (χ0) is 19.2. The second kappa shape index (κ2) is 6.57. The van der Waals surface area contributed by atoms with Gasteiger partial charge in [-0.3, -0.25) is 0 Å². The lowest BCUT2D eigenvalue weighted by Gasteiger charge is -2.32. The van der Waals surface area contributed by atoms with Crippen molar-refractivity contribution in [1.82, 2.24) is 0 Å². The van der Waals surface area contributed by atoms with Gasteiger partial charge in [0.25, 0.3) is 0 Å². The maximum atomic E-state index is 13.9. The average Bonchev–Trinajstić information content (AvgIpc) is 2.74. The molecule has 0 saturated carbocycles. The number of rotatable bonds is 5. The van der Waals surface area contributed by atoms with E-state index >= 15 is 0 Å². The molecule has 1 aliphatic rings. The predicted octanol–water partition coefficient (Wildman–Crippen LogP) is 2.08. The maximum absolute atomic E-state index is 13.9. The molecule has 1 aromatic carbocycles. The molecule has 0 aliphatic carbocycles. The summed E-state index contributed by atoms with van der Waals surface area (Å²) in [5.41, 5.74) is -3.04. The van der Waals surface area contributed by atoms with Crippen LogP contribution in [0.5, 0.6) is 0 Å². The summed E-state index contributed by atoms with van der Waals surface area (Å²) in [7, 11) is -0.804. The van der Waals surface area contributed by atoms with Crippen LogP contribution in [0, 0.1) is 6.92 Å². The van der Waals surface area contributed by atoms with Crippen molar-refractivity contribution >= 4 is 12.6 Å². The number of aliphatic hydroxyl groups is 2. The van der Waals surface area contributed by atoms with Gasteiger partial charge in [0.1, 0.15) is 6.67 Å². The van der Waals surface area contributed by atoms with Crippen LogP contribution in [-0.2, 0) is 14.9 Å². The van der Waals surface area contributed by atoms with Crippen molar-refractivity contribution in [2.24, 2.45) is 0 Å². The standard InChI is InChI=1S/C17H24BF3O4/c1-10-6-7-11(17(23,9-19)13(20)14(21)22)8-12(10)18-24-15(2,3)16(4,5)25-18/h6-8,13-14,22-23H,9H2,1-5H3. The normalized spacial score (nSPS) is 24.0. The number of hydrogen-bond donors (Lipinski definition) is 2. The Morgan fingerprint density at radius 3 is 2.12 bits per heavy atom. The fourth-order valence-electron chi connectivity index (χ4n) is 2.67. The molecule has 2 rings (SSSR count). The van der Waals surface area contributed by atoms with Crippen LogP contribution in [0.1, 0.15) is 38.8 Å². The Hall–Kier alpha value is -1.09. The van der Waals surface area contributed by atoms with Gasteiger partial charge in [0.15, 0.2) is 11.8 Å². The Labute approximate surface area is 146 Å². The molecule has 4 nitrogen and oxygen atoms in total. The minimum Gasteiger partial charge on any atom is -0.399 e. The fourth-order valence-corrected chi connectivity index (χ4v) is 2.67. The second-order valence-corrected chi connectivity index (χ2v) is 7.49. The van der Waals surface area contributed by atoms with Crippen LogP contribution in [0.25, 0.3) is 0 Å². The van der Waals surface area contributed by atoms with Crippen LogP contribution < -0.4 is 5.46 Å². The van der Waals surface area contributed by atoms with E-state index in [-0.39, 0.29) is 5.56 Å². The number of aliphatic hydroxyl groups excluding tert-OH is 1. The topological polar surface area (TPSA) is 58.9 Å². The van der Waals surface area contributed by atoms with E-state index in [4.69, 9.17) is 14.4 Å². The first kappa shape index (κ1) is 20.2. The molecule has 2 N–H and O–H groups in total. The van der Waals surface area contributed by atoms with Crippen LogP contribution in [0.15, 0.2) is 18.2 Å². The average molecular weight is 360 g/mol. The summed E-state index contributed by atoms with van der Waals surface area (Å²) < 4.78 is 52.1. The van der Waals surface area contributed by atoms with E-state index in [1.807, 2.05) is 27.7 Å². The first-order valence-corrected chi connectivity index (χ1v) is 8.07. The monoisotopic (exact) mass is 360 g/mol. The summed E-state index contributed by atoms with van der Waals surface area (Å²) >= 11 is 0. The van der Waals surface area contributed by atoms with Gasteiger partial charge in [-0.25, -0.2) is 13.2 Å². The SMILES string of the molecule is Cc1ccc(C(O)(CF)C(F)C(O)F)cc1B1OC(C)(C)C(C)(C)O1. The van der Waals surface area contributed by atoms with Gasteiger partial charge in [-0.1, -0.05) is 23.8 Å². The molecule has 1 aliphatic heterocycles. The number of hydrogen-bond acceptors (Lipinski definition) is 4. The minimum atomic E-state index is -3.01. The third-order valence-corrected chi connectivity index (χ3v) is 5.19. The van der Waals surface area contributed by atoms with E-state index in [1.54, 1.807) is 6.92 Å². The van der Waals surface area contributed by atoms with Crippen LogP contribution in [0.3, 0.4) is 0 Å². The Balaban J connectivity index is 2.45. The first-order chi connectivity index (χ1) is 11.4. The molecule has 3 unspecified atom stereocenters. The van der Waals surface area contributed by atoms with Crippen LogP contribution in [0.2, 0.25) is 0 Å². The quantitative estimate of drug-likeness (QED) is 0.790. The molecule has 3 atom stereocenters. The molecule has 140 valence electrons. The van der Waals surface area contributed by atoms with Crippen molar-refractivity contribution in [2.75, 3.05) is 6.67 Å². The summed E-state index contributed by atoms with van der Waals surface area (Å²) in [6, 6.07) is 4.15. The lowest BCUT2D eigenvalue weighted by Crippen LogP contribution is -2.46. The Morgan fingerprint density at radius 2 is 1.68 bits per heavy atom. The molecule has 25 heavy (non-hydrogen) atoms. The van der Waals surface area contributed by atoms with E-state index in [0.29, 0.717) is 5.46 Å². The van der Waals surface area contributed by atoms with Gasteiger partial charge < -0.3 is 19.5 Å². The lowest BCUT2D eigenvalue weighted by atomic mass is 9.73. The van der Waals surface area contributed by atoms with Crippen LogP contribution in [-0.4, -0.2) is 47.7 Å². The van der Waals surface area contributed by atoms with Gasteiger partial charge in [0, 0.05) is 0 Å². The molecule has 0 spiro atoms. The molecule has 1 fully saturated rings. The highest BCUT2D eigenvalue weighted by atomic mass is 19.2. The number of aryl methyl sites for hydroxylation is 1.